The molecule has 0 saturated carbocycles. The molecule has 0 radical (unpaired) electrons. The fraction of sp³-hybridized carbons (Fsp3) is 0.182. The summed E-state index contributed by atoms with van der Waals surface area (Å²) in [6.45, 7) is 0. The largest absolute Gasteiger partial charge is 0.320 e. The Labute approximate surface area is 86.6 Å². The van der Waals surface area contributed by atoms with Gasteiger partial charge in [0.25, 0.3) is 0 Å². The second kappa shape index (κ2) is 3.80. The molecule has 0 bridgehead atoms. The third-order valence-corrected chi connectivity index (χ3v) is 3.33. The normalized spacial score (nSPS) is 24.9. The van der Waals surface area contributed by atoms with Crippen LogP contribution < -0.4 is 14.7 Å². The van der Waals surface area contributed by atoms with Crippen molar-refractivity contribution in [2.24, 2.45) is 12.0 Å². The Kier molecular flexibility index (Phi) is 2.50. The summed E-state index contributed by atoms with van der Waals surface area (Å²) in [6.07, 6.45) is 12.4. The molecule has 1 heterocycles. The van der Waals surface area contributed by atoms with Crippen LogP contribution >= 0.6 is 11.3 Å². The van der Waals surface area contributed by atoms with Gasteiger partial charge in [0.15, 0.2) is 4.80 Å². The van der Waals surface area contributed by atoms with Crippen molar-refractivity contribution in [2.45, 2.75) is 0 Å². The van der Waals surface area contributed by atoms with Crippen LogP contribution in [0.2, 0.25) is 0 Å². The summed E-state index contributed by atoms with van der Waals surface area (Å²) in [5, 5.41) is 1.22. The SMILES string of the molecule is C/N=c1\sc2/c(n1C)=C\C=C/C=C\C=2. The maximum absolute atomic E-state index is 4.23. The van der Waals surface area contributed by atoms with E-state index < -0.39 is 0 Å². The fourth-order valence-corrected chi connectivity index (χ4v) is 2.39. The molecule has 1 aromatic rings. The Morgan fingerprint density at radius 3 is 2.57 bits per heavy atom. The molecule has 2 nitrogen and oxygen atoms in total. The van der Waals surface area contributed by atoms with Gasteiger partial charge < -0.3 is 4.57 Å². The second-order valence-electron chi connectivity index (χ2n) is 3.02. The van der Waals surface area contributed by atoms with E-state index in [0.29, 0.717) is 0 Å². The van der Waals surface area contributed by atoms with Gasteiger partial charge in [-0.05, 0) is 12.2 Å². The Balaban J connectivity index is 2.93. The van der Waals surface area contributed by atoms with Crippen LogP contribution in [-0.2, 0) is 7.05 Å². The van der Waals surface area contributed by atoms with E-state index in [2.05, 4.69) is 33.9 Å². The summed E-state index contributed by atoms with van der Waals surface area (Å²) in [7, 11) is 3.87. The van der Waals surface area contributed by atoms with Gasteiger partial charge in [0, 0.05) is 14.1 Å². The van der Waals surface area contributed by atoms with E-state index in [1.807, 2.05) is 26.2 Å². The third kappa shape index (κ3) is 1.51. The predicted molar refractivity (Wildman–Crippen MR) is 61.2 cm³/mol. The van der Waals surface area contributed by atoms with Crippen LogP contribution in [0.5, 0.6) is 0 Å². The maximum atomic E-state index is 4.23. The molecule has 2 rings (SSSR count). The molecule has 0 amide bonds. The van der Waals surface area contributed by atoms with Crippen LogP contribution in [0.3, 0.4) is 0 Å². The molecule has 0 unspecified atom stereocenters. The number of rotatable bonds is 0. The van der Waals surface area contributed by atoms with Gasteiger partial charge in [-0.3, -0.25) is 4.99 Å². The lowest BCUT2D eigenvalue weighted by Gasteiger charge is -1.90. The smallest absolute Gasteiger partial charge is 0.185 e. The zero-order valence-electron chi connectivity index (χ0n) is 8.27. The molecule has 1 aliphatic rings. The van der Waals surface area contributed by atoms with Crippen molar-refractivity contribution in [3.8, 4) is 0 Å². The monoisotopic (exact) mass is 204 g/mol. The average Bonchev–Trinajstić information content (AvgIpc) is 2.42. The molecule has 0 atom stereocenters. The minimum absolute atomic E-state index is 1.05. The molecule has 1 aliphatic carbocycles. The summed E-state index contributed by atoms with van der Waals surface area (Å²) in [4.78, 5) is 5.28. The van der Waals surface area contributed by atoms with Crippen LogP contribution in [-0.4, -0.2) is 11.6 Å². The lowest BCUT2D eigenvalue weighted by atomic mass is 10.3. The zero-order valence-corrected chi connectivity index (χ0v) is 9.08. The zero-order chi connectivity index (χ0) is 9.97. The van der Waals surface area contributed by atoms with E-state index >= 15 is 0 Å². The minimum atomic E-state index is 1.05. The molecule has 0 N–H and O–H groups in total. The first kappa shape index (κ1) is 9.21. The number of aromatic nitrogens is 1. The molecule has 14 heavy (non-hydrogen) atoms. The molecule has 0 fully saturated rings. The quantitative estimate of drug-likeness (QED) is 0.578. The lowest BCUT2D eigenvalue weighted by molar-refractivity contribution is 0.833. The van der Waals surface area contributed by atoms with Crippen LogP contribution in [0.4, 0.5) is 0 Å². The molecule has 0 spiro atoms. The van der Waals surface area contributed by atoms with Gasteiger partial charge in [0.05, 0.1) is 9.88 Å². The third-order valence-electron chi connectivity index (χ3n) is 2.13. The van der Waals surface area contributed by atoms with Gasteiger partial charge in [0.2, 0.25) is 0 Å². The van der Waals surface area contributed by atoms with Crippen molar-refractivity contribution in [1.29, 1.82) is 0 Å². The fourth-order valence-electron chi connectivity index (χ4n) is 1.41. The first-order valence-electron chi connectivity index (χ1n) is 4.47. The number of allylic oxidation sites excluding steroid dienone is 4. The second-order valence-corrected chi connectivity index (χ2v) is 4.03. The molecular formula is C11H12N2S. The summed E-state index contributed by atoms with van der Waals surface area (Å²) in [5.74, 6) is 0. The van der Waals surface area contributed by atoms with Crippen molar-refractivity contribution in [2.75, 3.05) is 7.05 Å². The van der Waals surface area contributed by atoms with E-state index in [4.69, 9.17) is 0 Å². The standard InChI is InChI=1S/C11H12N2S/c1-12-11-13(2)9-7-5-3-4-6-8-10(9)14-11/h3-8H,1-2H3/b4-3?,5-3-,6-4-,7-5?,8-6?,9-7+,10-8+,12-11-. The first-order chi connectivity index (χ1) is 6.83. The van der Waals surface area contributed by atoms with Gasteiger partial charge in [-0.25, -0.2) is 0 Å². The van der Waals surface area contributed by atoms with E-state index in [9.17, 15) is 0 Å². The predicted octanol–water partition coefficient (Wildman–Crippen LogP) is 0.304. The van der Waals surface area contributed by atoms with Gasteiger partial charge in [0.1, 0.15) is 0 Å². The molecular weight excluding hydrogens is 192 g/mol. The highest BCUT2D eigenvalue weighted by Gasteiger charge is 1.95. The minimum Gasteiger partial charge on any atom is -0.320 e. The molecule has 3 heteroatoms. The highest BCUT2D eigenvalue weighted by molar-refractivity contribution is 7.07. The van der Waals surface area contributed by atoms with Crippen molar-refractivity contribution >= 4 is 23.5 Å². The van der Waals surface area contributed by atoms with E-state index in [0.717, 1.165) is 4.80 Å². The van der Waals surface area contributed by atoms with Crippen molar-refractivity contribution in [1.82, 2.24) is 4.57 Å². The first-order valence-corrected chi connectivity index (χ1v) is 5.28. The number of hydrogen-bond donors (Lipinski definition) is 0. The summed E-state index contributed by atoms with van der Waals surface area (Å²) >= 11 is 1.71. The Bertz CT molecular complexity index is 567. The van der Waals surface area contributed by atoms with Crippen LogP contribution in [0.25, 0.3) is 12.2 Å². The Hall–Kier alpha value is -1.35. The van der Waals surface area contributed by atoms with Gasteiger partial charge in [-0.1, -0.05) is 35.6 Å². The van der Waals surface area contributed by atoms with Crippen LogP contribution in [0.1, 0.15) is 0 Å². The lowest BCUT2D eigenvalue weighted by Crippen LogP contribution is -2.29. The average molecular weight is 204 g/mol. The van der Waals surface area contributed by atoms with Gasteiger partial charge >= 0.3 is 0 Å². The van der Waals surface area contributed by atoms with Crippen molar-refractivity contribution < 1.29 is 0 Å². The van der Waals surface area contributed by atoms with Crippen molar-refractivity contribution in [3.05, 3.63) is 39.0 Å². The molecule has 1 aromatic heterocycles. The number of hydrogen-bond acceptors (Lipinski definition) is 2. The van der Waals surface area contributed by atoms with Crippen LogP contribution in [0, 0.1) is 0 Å². The van der Waals surface area contributed by atoms with Gasteiger partial charge in [-0.15, -0.1) is 0 Å². The van der Waals surface area contributed by atoms with Gasteiger partial charge in [-0.2, -0.15) is 0 Å². The van der Waals surface area contributed by atoms with E-state index in [-0.39, 0.29) is 0 Å². The number of nitrogens with zero attached hydrogens (tertiary/aromatic N) is 2. The molecule has 0 aliphatic heterocycles. The molecule has 0 aromatic carbocycles. The number of thiazole rings is 1. The molecule has 0 saturated heterocycles. The Morgan fingerprint density at radius 1 is 1.14 bits per heavy atom. The highest BCUT2D eigenvalue weighted by Crippen LogP contribution is 1.84. The topological polar surface area (TPSA) is 17.3 Å². The number of fused-ring (bicyclic) bond motifs is 1. The molecule has 72 valence electrons. The highest BCUT2D eigenvalue weighted by atomic mass is 32.1. The van der Waals surface area contributed by atoms with Crippen LogP contribution in [0.15, 0.2) is 29.3 Å². The van der Waals surface area contributed by atoms with E-state index in [1.165, 1.54) is 9.88 Å². The summed E-state index contributed by atoms with van der Waals surface area (Å²) in [6, 6.07) is 0. The Morgan fingerprint density at radius 2 is 1.86 bits per heavy atom. The summed E-state index contributed by atoms with van der Waals surface area (Å²) < 4.78 is 3.37. The maximum Gasteiger partial charge on any atom is 0.185 e. The summed E-state index contributed by atoms with van der Waals surface area (Å²) in [5.41, 5.74) is 0. The van der Waals surface area contributed by atoms with E-state index in [1.54, 1.807) is 11.3 Å². The van der Waals surface area contributed by atoms with Crippen molar-refractivity contribution in [3.63, 3.8) is 0 Å².